The number of benzene rings is 1. The molecule has 0 heterocycles. The maximum atomic E-state index is 13.0. The van der Waals surface area contributed by atoms with E-state index in [1.165, 1.54) is 6.07 Å². The topological polar surface area (TPSA) is 12.0 Å². The fraction of sp³-hybridized carbons (Fsp3) is 0.538. The van der Waals surface area contributed by atoms with Crippen LogP contribution in [0.4, 0.5) is 4.39 Å². The highest BCUT2D eigenvalue weighted by Crippen LogP contribution is 2.18. The van der Waals surface area contributed by atoms with Crippen molar-refractivity contribution < 1.29 is 4.39 Å². The third kappa shape index (κ3) is 5.28. The van der Waals surface area contributed by atoms with Gasteiger partial charge in [0, 0.05) is 6.04 Å². The maximum Gasteiger partial charge on any atom is 0.141 e. The minimum Gasteiger partial charge on any atom is -0.314 e. The molecule has 0 aliphatic rings. The first-order valence-corrected chi connectivity index (χ1v) is 7.60. The van der Waals surface area contributed by atoms with Crippen molar-refractivity contribution in [1.29, 1.82) is 0 Å². The summed E-state index contributed by atoms with van der Waals surface area (Å²) in [6.45, 7) is 3.05. The molecule has 1 aromatic rings. The van der Waals surface area contributed by atoms with E-state index in [2.05, 4.69) is 18.5 Å². The molecule has 96 valence electrons. The smallest absolute Gasteiger partial charge is 0.141 e. The number of likely N-dealkylation sites (N-methyl/N-ethyl adjacent to an activating group) is 1. The lowest BCUT2D eigenvalue weighted by Gasteiger charge is -2.17. The number of halogens is 2. The zero-order valence-corrected chi connectivity index (χ0v) is 11.9. The van der Waals surface area contributed by atoms with Crippen molar-refractivity contribution in [2.24, 2.45) is 0 Å². The van der Waals surface area contributed by atoms with Gasteiger partial charge in [-0.15, -0.1) is 0 Å². The van der Waals surface area contributed by atoms with Gasteiger partial charge in [-0.3, -0.25) is 0 Å². The zero-order chi connectivity index (χ0) is 12.7. The molecule has 0 saturated carbocycles. The van der Waals surface area contributed by atoms with E-state index in [0.29, 0.717) is 6.04 Å². The predicted octanol–water partition coefficient (Wildman–Crippen LogP) is 3.75. The highest BCUT2D eigenvalue weighted by atomic mass is 35.5. The summed E-state index contributed by atoms with van der Waals surface area (Å²) < 4.78 is 13.0. The van der Waals surface area contributed by atoms with Crippen LogP contribution in [0.15, 0.2) is 18.2 Å². The van der Waals surface area contributed by atoms with Crippen LogP contribution in [0.2, 0.25) is 5.02 Å². The molecule has 0 fully saturated rings. The Labute approximate surface area is 112 Å². The van der Waals surface area contributed by atoms with Crippen molar-refractivity contribution in [3.05, 3.63) is 34.6 Å². The van der Waals surface area contributed by atoms with Crippen molar-refractivity contribution in [2.45, 2.75) is 25.8 Å². The van der Waals surface area contributed by atoms with Gasteiger partial charge in [0.15, 0.2) is 0 Å². The molecule has 1 nitrogen and oxygen atoms in total. The summed E-state index contributed by atoms with van der Waals surface area (Å²) in [5.74, 6) is 0.784. The van der Waals surface area contributed by atoms with Gasteiger partial charge in [-0.25, -0.2) is 4.39 Å². The number of hydrogen-bond donors (Lipinski definition) is 1. The van der Waals surface area contributed by atoms with E-state index in [-0.39, 0.29) is 10.8 Å². The fourth-order valence-corrected chi connectivity index (χ4v) is 2.50. The molecule has 0 amide bonds. The normalized spacial score (nSPS) is 12.7. The number of rotatable bonds is 7. The van der Waals surface area contributed by atoms with Crippen molar-refractivity contribution in [3.63, 3.8) is 0 Å². The third-order valence-corrected chi connectivity index (χ3v) is 3.56. The molecule has 0 spiro atoms. The van der Waals surface area contributed by atoms with E-state index in [0.717, 1.165) is 30.7 Å². The first-order chi connectivity index (χ1) is 8.17. The second kappa shape index (κ2) is 7.96. The average Bonchev–Trinajstić information content (AvgIpc) is 2.31. The molecule has 1 aromatic carbocycles. The number of nitrogens with one attached hydrogen (secondary N) is 1. The monoisotopic (exact) mass is 275 g/mol. The second-order valence-electron chi connectivity index (χ2n) is 3.99. The van der Waals surface area contributed by atoms with Crippen LogP contribution in [-0.2, 0) is 6.42 Å². The minimum absolute atomic E-state index is 0.211. The summed E-state index contributed by atoms with van der Waals surface area (Å²) in [4.78, 5) is 0. The highest BCUT2D eigenvalue weighted by molar-refractivity contribution is 7.98. The molecule has 0 aliphatic heterocycles. The van der Waals surface area contributed by atoms with Gasteiger partial charge in [-0.2, -0.15) is 11.8 Å². The second-order valence-corrected chi connectivity index (χ2v) is 5.38. The Morgan fingerprint density at radius 1 is 1.47 bits per heavy atom. The lowest BCUT2D eigenvalue weighted by molar-refractivity contribution is 0.513. The van der Waals surface area contributed by atoms with Crippen molar-refractivity contribution >= 4 is 23.4 Å². The number of thioether (sulfide) groups is 1. The van der Waals surface area contributed by atoms with Gasteiger partial charge in [0.05, 0.1) is 5.02 Å². The standard InChI is InChI=1S/C13H19ClFNS/c1-3-16-11(6-7-17-2)8-10-4-5-13(15)12(14)9-10/h4-5,9,11,16H,3,6-8H2,1-2H3. The molecule has 4 heteroatoms. The molecule has 17 heavy (non-hydrogen) atoms. The summed E-state index contributed by atoms with van der Waals surface area (Å²) >= 11 is 7.63. The van der Waals surface area contributed by atoms with Crippen LogP contribution in [0, 0.1) is 5.82 Å². The molecule has 0 aromatic heterocycles. The third-order valence-electron chi connectivity index (χ3n) is 2.63. The Bertz CT molecular complexity index is 346. The zero-order valence-electron chi connectivity index (χ0n) is 10.3. The van der Waals surface area contributed by atoms with Crippen LogP contribution < -0.4 is 5.32 Å². The molecule has 1 N–H and O–H groups in total. The van der Waals surface area contributed by atoms with E-state index >= 15 is 0 Å². The predicted molar refractivity (Wildman–Crippen MR) is 75.6 cm³/mol. The summed E-state index contributed by atoms with van der Waals surface area (Å²) in [6, 6.07) is 5.41. The quantitative estimate of drug-likeness (QED) is 0.813. The van der Waals surface area contributed by atoms with E-state index in [1.54, 1.807) is 6.07 Å². The molecular formula is C13H19ClFNS. The lowest BCUT2D eigenvalue weighted by Crippen LogP contribution is -2.31. The Kier molecular flexibility index (Phi) is 6.93. The van der Waals surface area contributed by atoms with Crippen LogP contribution in [0.5, 0.6) is 0 Å². The van der Waals surface area contributed by atoms with Crippen LogP contribution in [0.1, 0.15) is 18.9 Å². The van der Waals surface area contributed by atoms with Gasteiger partial charge in [-0.1, -0.05) is 24.6 Å². The van der Waals surface area contributed by atoms with Gasteiger partial charge in [-0.05, 0) is 49.1 Å². The minimum atomic E-state index is -0.348. The van der Waals surface area contributed by atoms with E-state index in [4.69, 9.17) is 11.6 Å². The van der Waals surface area contributed by atoms with E-state index < -0.39 is 0 Å². The molecule has 1 rings (SSSR count). The van der Waals surface area contributed by atoms with Crippen LogP contribution in [-0.4, -0.2) is 24.6 Å². The van der Waals surface area contributed by atoms with Gasteiger partial charge >= 0.3 is 0 Å². The van der Waals surface area contributed by atoms with Gasteiger partial charge in [0.25, 0.3) is 0 Å². The first-order valence-electron chi connectivity index (χ1n) is 5.83. The van der Waals surface area contributed by atoms with Crippen molar-refractivity contribution in [3.8, 4) is 0 Å². The SMILES string of the molecule is CCNC(CCSC)Cc1ccc(F)c(Cl)c1. The average molecular weight is 276 g/mol. The van der Waals surface area contributed by atoms with Crippen LogP contribution >= 0.6 is 23.4 Å². The Balaban J connectivity index is 2.61. The first kappa shape index (κ1) is 14.8. The summed E-state index contributed by atoms with van der Waals surface area (Å²) in [6.07, 6.45) is 4.12. The highest BCUT2D eigenvalue weighted by Gasteiger charge is 2.09. The molecule has 0 saturated heterocycles. The Morgan fingerprint density at radius 2 is 2.24 bits per heavy atom. The Hall–Kier alpha value is -0.250. The van der Waals surface area contributed by atoms with E-state index in [9.17, 15) is 4.39 Å². The van der Waals surface area contributed by atoms with Crippen LogP contribution in [0.25, 0.3) is 0 Å². The number of hydrogen-bond acceptors (Lipinski definition) is 2. The van der Waals surface area contributed by atoms with E-state index in [1.807, 2.05) is 17.8 Å². The summed E-state index contributed by atoms with van der Waals surface area (Å²) in [5, 5.41) is 3.66. The van der Waals surface area contributed by atoms with Crippen LogP contribution in [0.3, 0.4) is 0 Å². The van der Waals surface area contributed by atoms with Crippen molar-refractivity contribution in [2.75, 3.05) is 18.6 Å². The Morgan fingerprint density at radius 3 is 2.82 bits per heavy atom. The molecule has 0 radical (unpaired) electrons. The summed E-state index contributed by atoms with van der Waals surface area (Å²) in [7, 11) is 0. The lowest BCUT2D eigenvalue weighted by atomic mass is 10.0. The fourth-order valence-electron chi connectivity index (χ4n) is 1.78. The molecule has 0 aliphatic carbocycles. The molecule has 1 unspecified atom stereocenters. The van der Waals surface area contributed by atoms with Gasteiger partial charge in [0.2, 0.25) is 0 Å². The molecule has 0 bridgehead atoms. The largest absolute Gasteiger partial charge is 0.314 e. The summed E-state index contributed by atoms with van der Waals surface area (Å²) in [5.41, 5.74) is 1.09. The molecular weight excluding hydrogens is 257 g/mol. The van der Waals surface area contributed by atoms with Crippen molar-refractivity contribution in [1.82, 2.24) is 5.32 Å². The van der Waals surface area contributed by atoms with Gasteiger partial charge < -0.3 is 5.32 Å². The maximum absolute atomic E-state index is 13.0. The molecule has 1 atom stereocenters. The van der Waals surface area contributed by atoms with Gasteiger partial charge in [0.1, 0.15) is 5.82 Å².